The summed E-state index contributed by atoms with van der Waals surface area (Å²) in [5.41, 5.74) is 1.52. The predicted molar refractivity (Wildman–Crippen MR) is 55.9 cm³/mol. The summed E-state index contributed by atoms with van der Waals surface area (Å²) < 4.78 is 5.15. The molecule has 2 aliphatic rings. The lowest BCUT2D eigenvalue weighted by Crippen LogP contribution is -2.30. The van der Waals surface area contributed by atoms with Crippen molar-refractivity contribution in [1.29, 1.82) is 0 Å². The van der Waals surface area contributed by atoms with E-state index in [4.69, 9.17) is 4.74 Å². The molecule has 15 heavy (non-hydrogen) atoms. The van der Waals surface area contributed by atoms with E-state index >= 15 is 0 Å². The molecule has 2 heteroatoms. The summed E-state index contributed by atoms with van der Waals surface area (Å²) in [6.45, 7) is 0. The molecule has 1 spiro atoms. The monoisotopic (exact) mass is 198 g/mol. The Bertz CT molecular complexity index is 519. The number of carbonyl (C=O) groups is 1. The Morgan fingerprint density at radius 2 is 2.27 bits per heavy atom. The van der Waals surface area contributed by atoms with Crippen molar-refractivity contribution in [2.24, 2.45) is 5.41 Å². The molecule has 0 saturated heterocycles. The maximum Gasteiger partial charge on any atom is 0.182 e. The Morgan fingerprint density at radius 1 is 1.47 bits per heavy atom. The van der Waals surface area contributed by atoms with Gasteiger partial charge < -0.3 is 4.74 Å². The number of rotatable bonds is 1. The Kier molecular flexibility index (Phi) is 1.50. The van der Waals surface area contributed by atoms with Crippen LogP contribution in [0.2, 0.25) is 0 Å². The van der Waals surface area contributed by atoms with E-state index in [0.717, 1.165) is 23.3 Å². The molecule has 2 aliphatic carbocycles. The van der Waals surface area contributed by atoms with Crippen LogP contribution in [0.25, 0.3) is 0 Å². The summed E-state index contributed by atoms with van der Waals surface area (Å²) in [5, 5.41) is 0. The maximum atomic E-state index is 12.1. The average molecular weight is 198 g/mol. The van der Waals surface area contributed by atoms with Gasteiger partial charge in [-0.2, -0.15) is 0 Å². The Labute approximate surface area is 88.2 Å². The highest BCUT2D eigenvalue weighted by Crippen LogP contribution is 2.43. The lowest BCUT2D eigenvalue weighted by Gasteiger charge is -2.23. The van der Waals surface area contributed by atoms with Gasteiger partial charge in [0.05, 0.1) is 7.11 Å². The van der Waals surface area contributed by atoms with Gasteiger partial charge in [0.1, 0.15) is 11.2 Å². The highest BCUT2D eigenvalue weighted by atomic mass is 16.5. The first kappa shape index (κ1) is 8.55. The molecule has 0 amide bonds. The molecule has 0 bridgehead atoms. The number of methoxy groups -OCH3 is 1. The fraction of sp³-hybridized carbons (Fsp3) is 0.308. The van der Waals surface area contributed by atoms with Gasteiger partial charge in [0.2, 0.25) is 0 Å². The van der Waals surface area contributed by atoms with Crippen LogP contribution in [0.5, 0.6) is 5.75 Å². The molecule has 1 unspecified atom stereocenters. The summed E-state index contributed by atoms with van der Waals surface area (Å²) in [4.78, 5) is 12.1. The van der Waals surface area contributed by atoms with Crippen LogP contribution >= 0.6 is 0 Å². The molecule has 3 rings (SSSR count). The van der Waals surface area contributed by atoms with Crippen LogP contribution in [0.3, 0.4) is 0 Å². The third-order valence-electron chi connectivity index (χ3n) is 3.20. The predicted octanol–water partition coefficient (Wildman–Crippen LogP) is 1.83. The van der Waals surface area contributed by atoms with E-state index < -0.39 is 0 Å². The Hall–Kier alpha value is -1.75. The maximum absolute atomic E-state index is 12.1. The van der Waals surface area contributed by atoms with E-state index in [9.17, 15) is 4.79 Å². The molecular weight excluding hydrogens is 188 g/mol. The van der Waals surface area contributed by atoms with E-state index in [1.54, 1.807) is 7.11 Å². The largest absolute Gasteiger partial charge is 0.497 e. The molecule has 74 valence electrons. The van der Waals surface area contributed by atoms with E-state index in [0.29, 0.717) is 6.42 Å². The van der Waals surface area contributed by atoms with E-state index in [1.807, 2.05) is 18.2 Å². The first-order valence-electron chi connectivity index (χ1n) is 4.97. The zero-order chi connectivity index (χ0) is 10.5. The van der Waals surface area contributed by atoms with Crippen molar-refractivity contribution in [2.75, 3.05) is 7.11 Å². The van der Waals surface area contributed by atoms with Crippen LogP contribution in [0.4, 0.5) is 0 Å². The number of carbonyl (C=O) groups excluding carboxylic acids is 1. The normalized spacial score (nSPS) is 25.5. The lowest BCUT2D eigenvalue weighted by atomic mass is 9.75. The van der Waals surface area contributed by atoms with Crippen LogP contribution in [-0.4, -0.2) is 12.9 Å². The Balaban J connectivity index is 2.10. The molecule has 0 saturated carbocycles. The molecule has 0 radical (unpaired) electrons. The SMILES string of the molecule is COc1ccc2c(c1)CC1(C#CC1)C2=O. The summed E-state index contributed by atoms with van der Waals surface area (Å²) in [6, 6.07) is 5.63. The van der Waals surface area contributed by atoms with Crippen LogP contribution in [0.1, 0.15) is 22.3 Å². The van der Waals surface area contributed by atoms with Gasteiger partial charge >= 0.3 is 0 Å². The van der Waals surface area contributed by atoms with Crippen LogP contribution in [-0.2, 0) is 6.42 Å². The standard InChI is InChI=1S/C13H10O2/c1-15-10-3-4-11-9(7-10)8-13(12(11)14)5-2-6-13/h3-4,7H,5,8H2,1H3. The second kappa shape index (κ2) is 2.64. The molecule has 2 nitrogen and oxygen atoms in total. The lowest BCUT2D eigenvalue weighted by molar-refractivity contribution is 0.0879. The van der Waals surface area contributed by atoms with Gasteiger partial charge in [-0.05, 0) is 30.2 Å². The third-order valence-corrected chi connectivity index (χ3v) is 3.20. The van der Waals surface area contributed by atoms with Crippen LogP contribution < -0.4 is 4.74 Å². The molecule has 1 atom stereocenters. The number of hydrogen-bond donors (Lipinski definition) is 0. The Morgan fingerprint density at radius 3 is 2.87 bits per heavy atom. The first-order chi connectivity index (χ1) is 7.25. The molecular formula is C13H10O2. The van der Waals surface area contributed by atoms with Gasteiger partial charge in [-0.15, -0.1) is 5.92 Å². The van der Waals surface area contributed by atoms with E-state index in [-0.39, 0.29) is 11.2 Å². The fourth-order valence-electron chi connectivity index (χ4n) is 2.27. The summed E-state index contributed by atoms with van der Waals surface area (Å²) in [6.07, 6.45) is 1.47. The minimum absolute atomic E-state index is 0.193. The third kappa shape index (κ3) is 0.979. The van der Waals surface area contributed by atoms with Gasteiger partial charge in [0.25, 0.3) is 0 Å². The number of Topliss-reactive ketones (excluding diaryl/α,β-unsaturated/α-hetero) is 1. The topological polar surface area (TPSA) is 26.3 Å². The second-order valence-electron chi connectivity index (χ2n) is 4.09. The van der Waals surface area contributed by atoms with Crippen LogP contribution in [0, 0.1) is 17.3 Å². The minimum Gasteiger partial charge on any atom is -0.497 e. The van der Waals surface area contributed by atoms with Crippen LogP contribution in [0.15, 0.2) is 18.2 Å². The van der Waals surface area contributed by atoms with Crippen molar-refractivity contribution in [3.8, 4) is 17.6 Å². The van der Waals surface area contributed by atoms with Crippen molar-refractivity contribution in [3.05, 3.63) is 29.3 Å². The van der Waals surface area contributed by atoms with Gasteiger partial charge in [0, 0.05) is 12.0 Å². The second-order valence-corrected chi connectivity index (χ2v) is 4.09. The number of hydrogen-bond acceptors (Lipinski definition) is 2. The van der Waals surface area contributed by atoms with Crippen molar-refractivity contribution < 1.29 is 9.53 Å². The average Bonchev–Trinajstić information content (AvgIpc) is 2.51. The first-order valence-corrected chi connectivity index (χ1v) is 4.97. The zero-order valence-corrected chi connectivity index (χ0v) is 8.46. The van der Waals surface area contributed by atoms with Gasteiger partial charge in [-0.1, -0.05) is 5.92 Å². The number of fused-ring (bicyclic) bond motifs is 1. The quantitative estimate of drug-likeness (QED) is 0.643. The van der Waals surface area contributed by atoms with Crippen molar-refractivity contribution in [3.63, 3.8) is 0 Å². The highest BCUT2D eigenvalue weighted by molar-refractivity contribution is 6.08. The molecule has 0 aliphatic heterocycles. The molecule has 0 heterocycles. The molecule has 0 N–H and O–H groups in total. The van der Waals surface area contributed by atoms with E-state index in [2.05, 4.69) is 11.8 Å². The number of ether oxygens (including phenoxy) is 1. The molecule has 0 aromatic heterocycles. The van der Waals surface area contributed by atoms with Gasteiger partial charge in [-0.3, -0.25) is 4.79 Å². The molecule has 1 aromatic carbocycles. The van der Waals surface area contributed by atoms with Crippen molar-refractivity contribution >= 4 is 5.78 Å². The molecule has 0 fully saturated rings. The highest BCUT2D eigenvalue weighted by Gasteiger charge is 2.46. The summed E-state index contributed by atoms with van der Waals surface area (Å²) >= 11 is 0. The molecule has 1 aromatic rings. The number of ketones is 1. The minimum atomic E-state index is -0.380. The zero-order valence-electron chi connectivity index (χ0n) is 8.46. The summed E-state index contributed by atoms with van der Waals surface area (Å²) in [7, 11) is 1.64. The van der Waals surface area contributed by atoms with Gasteiger partial charge in [-0.25, -0.2) is 0 Å². The van der Waals surface area contributed by atoms with Crippen molar-refractivity contribution in [1.82, 2.24) is 0 Å². The fourth-order valence-corrected chi connectivity index (χ4v) is 2.27. The summed E-state index contributed by atoms with van der Waals surface area (Å²) in [5.74, 6) is 6.95. The number of benzene rings is 1. The van der Waals surface area contributed by atoms with E-state index in [1.165, 1.54) is 0 Å². The van der Waals surface area contributed by atoms with Crippen molar-refractivity contribution in [2.45, 2.75) is 12.8 Å². The smallest absolute Gasteiger partial charge is 0.182 e. The van der Waals surface area contributed by atoms with Gasteiger partial charge in [0.15, 0.2) is 5.78 Å².